The summed E-state index contributed by atoms with van der Waals surface area (Å²) in [7, 11) is 0. The van der Waals surface area contributed by atoms with E-state index in [4.69, 9.17) is 10.3 Å². The van der Waals surface area contributed by atoms with Crippen LogP contribution in [0.5, 0.6) is 0 Å². The Hall–Kier alpha value is -1.93. The zero-order valence-corrected chi connectivity index (χ0v) is 10.7. The monoisotopic (exact) mass is 267 g/mol. The minimum absolute atomic E-state index is 0.0984. The number of aromatic nitrogens is 1. The number of rotatable bonds is 4. The summed E-state index contributed by atoms with van der Waals surface area (Å²) < 4.78 is 4.85. The van der Waals surface area contributed by atoms with E-state index in [2.05, 4.69) is 15.8 Å². The highest BCUT2D eigenvalue weighted by Gasteiger charge is 2.28. The van der Waals surface area contributed by atoms with Gasteiger partial charge in [-0.05, 0) is 6.92 Å². The Kier molecular flexibility index (Phi) is 4.13. The molecule has 4 N–H and O–H groups in total. The minimum atomic E-state index is -0.460. The van der Waals surface area contributed by atoms with Crippen LogP contribution in [0.2, 0.25) is 0 Å². The molecule has 19 heavy (non-hydrogen) atoms. The molecule has 0 bridgehead atoms. The second-order valence-corrected chi connectivity index (χ2v) is 4.46. The lowest BCUT2D eigenvalue weighted by Crippen LogP contribution is -2.58. The lowest BCUT2D eigenvalue weighted by molar-refractivity contribution is -0.125. The van der Waals surface area contributed by atoms with Crippen LogP contribution in [-0.2, 0) is 9.59 Å². The van der Waals surface area contributed by atoms with Gasteiger partial charge in [-0.2, -0.15) is 0 Å². The van der Waals surface area contributed by atoms with Gasteiger partial charge in [0.2, 0.25) is 11.8 Å². The largest absolute Gasteiger partial charge is 0.368 e. The minimum Gasteiger partial charge on any atom is -0.368 e. The highest BCUT2D eigenvalue weighted by atomic mass is 16.5. The number of hydrogen-bond acceptors (Lipinski definition) is 6. The fourth-order valence-electron chi connectivity index (χ4n) is 2.01. The van der Waals surface area contributed by atoms with Crippen LogP contribution in [0.1, 0.15) is 5.76 Å². The number of carbonyl (C=O) groups excluding carboxylic acids is 2. The van der Waals surface area contributed by atoms with Crippen molar-refractivity contribution in [2.75, 3.05) is 31.5 Å². The van der Waals surface area contributed by atoms with Crippen molar-refractivity contribution < 1.29 is 14.1 Å². The third-order valence-electron chi connectivity index (χ3n) is 2.92. The second kappa shape index (κ2) is 5.81. The van der Waals surface area contributed by atoms with E-state index < -0.39 is 11.9 Å². The van der Waals surface area contributed by atoms with Crippen molar-refractivity contribution in [1.29, 1.82) is 0 Å². The summed E-state index contributed by atoms with van der Waals surface area (Å²) in [4.78, 5) is 24.9. The van der Waals surface area contributed by atoms with Gasteiger partial charge in [0.05, 0.1) is 6.54 Å². The number of anilines is 1. The summed E-state index contributed by atoms with van der Waals surface area (Å²) >= 11 is 0. The van der Waals surface area contributed by atoms with E-state index in [0.717, 1.165) is 6.54 Å². The number of aryl methyl sites for hydroxylation is 1. The first kappa shape index (κ1) is 13.5. The lowest BCUT2D eigenvalue weighted by Gasteiger charge is -2.33. The molecule has 1 unspecified atom stereocenters. The van der Waals surface area contributed by atoms with Crippen LogP contribution in [0, 0.1) is 6.92 Å². The van der Waals surface area contributed by atoms with Crippen molar-refractivity contribution >= 4 is 17.6 Å². The van der Waals surface area contributed by atoms with E-state index in [0.29, 0.717) is 24.7 Å². The topological polar surface area (TPSA) is 113 Å². The summed E-state index contributed by atoms with van der Waals surface area (Å²) in [6.45, 7) is 3.62. The fraction of sp³-hybridized carbons (Fsp3) is 0.545. The zero-order valence-electron chi connectivity index (χ0n) is 10.7. The molecule has 0 spiro atoms. The number of hydrogen-bond donors (Lipinski definition) is 3. The Labute approximate surface area is 110 Å². The van der Waals surface area contributed by atoms with Crippen LogP contribution in [-0.4, -0.2) is 54.1 Å². The first-order valence-corrected chi connectivity index (χ1v) is 6.03. The lowest BCUT2D eigenvalue weighted by atomic mass is 10.2. The van der Waals surface area contributed by atoms with Gasteiger partial charge in [0.15, 0.2) is 5.82 Å². The third kappa shape index (κ3) is 3.52. The normalized spacial score (nSPS) is 20.2. The Morgan fingerprint density at radius 2 is 2.47 bits per heavy atom. The van der Waals surface area contributed by atoms with Gasteiger partial charge >= 0.3 is 0 Å². The molecule has 0 aromatic carbocycles. The highest BCUT2D eigenvalue weighted by Crippen LogP contribution is 2.08. The molecule has 1 aliphatic rings. The molecule has 1 aromatic rings. The maximum atomic E-state index is 11.9. The van der Waals surface area contributed by atoms with E-state index in [1.807, 2.05) is 0 Å². The van der Waals surface area contributed by atoms with Gasteiger partial charge in [0.25, 0.3) is 0 Å². The second-order valence-electron chi connectivity index (χ2n) is 4.46. The standard InChI is InChI=1S/C11H17N5O3/c1-7-4-9(15-19-7)14-10(17)6-16-3-2-13-5-8(16)11(12)18/h4,8,13H,2-3,5-6H2,1H3,(H2,12,18)(H,14,15,17). The van der Waals surface area contributed by atoms with Crippen LogP contribution in [0.15, 0.2) is 10.6 Å². The third-order valence-corrected chi connectivity index (χ3v) is 2.92. The molecule has 104 valence electrons. The molecule has 0 saturated carbocycles. The molecule has 8 heteroatoms. The SMILES string of the molecule is Cc1cc(NC(=O)CN2CCNCC2C(N)=O)no1. The zero-order chi connectivity index (χ0) is 13.8. The van der Waals surface area contributed by atoms with Crippen LogP contribution >= 0.6 is 0 Å². The van der Waals surface area contributed by atoms with Gasteiger partial charge in [0.1, 0.15) is 11.8 Å². The average molecular weight is 267 g/mol. The van der Waals surface area contributed by atoms with Crippen LogP contribution < -0.4 is 16.4 Å². The van der Waals surface area contributed by atoms with Crippen molar-refractivity contribution in [1.82, 2.24) is 15.4 Å². The summed E-state index contributed by atoms with van der Waals surface area (Å²) in [5.41, 5.74) is 5.31. The van der Waals surface area contributed by atoms with Crippen molar-refractivity contribution in [2.45, 2.75) is 13.0 Å². The van der Waals surface area contributed by atoms with Crippen LogP contribution in [0.3, 0.4) is 0 Å². The van der Waals surface area contributed by atoms with Gasteiger partial charge in [-0.15, -0.1) is 0 Å². The Morgan fingerprint density at radius 1 is 1.68 bits per heavy atom. The van der Waals surface area contributed by atoms with Crippen molar-refractivity contribution in [3.63, 3.8) is 0 Å². The van der Waals surface area contributed by atoms with Crippen molar-refractivity contribution in [3.8, 4) is 0 Å². The Morgan fingerprint density at radius 3 is 3.11 bits per heavy atom. The Bertz CT molecular complexity index is 473. The maximum absolute atomic E-state index is 11.9. The number of amides is 2. The molecular weight excluding hydrogens is 250 g/mol. The smallest absolute Gasteiger partial charge is 0.239 e. The maximum Gasteiger partial charge on any atom is 0.239 e. The number of piperazine rings is 1. The molecule has 8 nitrogen and oxygen atoms in total. The number of carbonyl (C=O) groups is 2. The Balaban J connectivity index is 1.91. The van der Waals surface area contributed by atoms with E-state index in [9.17, 15) is 9.59 Å². The molecular formula is C11H17N5O3. The first-order valence-electron chi connectivity index (χ1n) is 6.03. The number of nitrogens with two attached hydrogens (primary N) is 1. The van der Waals surface area contributed by atoms with Crippen molar-refractivity contribution in [3.05, 3.63) is 11.8 Å². The van der Waals surface area contributed by atoms with Crippen LogP contribution in [0.4, 0.5) is 5.82 Å². The van der Waals surface area contributed by atoms with E-state index in [1.54, 1.807) is 17.9 Å². The number of nitrogens with one attached hydrogen (secondary N) is 2. The van der Waals surface area contributed by atoms with E-state index in [1.165, 1.54) is 0 Å². The molecule has 1 aromatic heterocycles. The van der Waals surface area contributed by atoms with Gasteiger partial charge in [-0.25, -0.2) is 0 Å². The summed E-state index contributed by atoms with van der Waals surface area (Å²) in [6.07, 6.45) is 0. The molecule has 2 heterocycles. The van der Waals surface area contributed by atoms with Crippen LogP contribution in [0.25, 0.3) is 0 Å². The molecule has 2 rings (SSSR count). The predicted octanol–water partition coefficient (Wildman–Crippen LogP) is -1.32. The van der Waals surface area contributed by atoms with E-state index >= 15 is 0 Å². The highest BCUT2D eigenvalue weighted by molar-refractivity contribution is 5.92. The summed E-state index contributed by atoms with van der Waals surface area (Å²) in [6, 6.07) is 1.17. The van der Waals surface area contributed by atoms with Gasteiger partial charge < -0.3 is 20.9 Å². The van der Waals surface area contributed by atoms with Gasteiger partial charge in [0, 0.05) is 25.7 Å². The summed E-state index contributed by atoms with van der Waals surface area (Å²) in [5, 5.41) is 9.36. The molecule has 1 aliphatic heterocycles. The number of primary amides is 1. The quantitative estimate of drug-likeness (QED) is 0.623. The molecule has 2 amide bonds. The fourth-order valence-corrected chi connectivity index (χ4v) is 2.01. The molecule has 0 aliphatic carbocycles. The molecule has 1 atom stereocenters. The summed E-state index contributed by atoms with van der Waals surface area (Å²) in [5.74, 6) is 0.305. The first-order chi connectivity index (χ1) is 9.06. The average Bonchev–Trinajstić information content (AvgIpc) is 2.75. The molecule has 0 radical (unpaired) electrons. The molecule has 1 saturated heterocycles. The predicted molar refractivity (Wildman–Crippen MR) is 67.3 cm³/mol. The van der Waals surface area contributed by atoms with E-state index in [-0.39, 0.29) is 12.5 Å². The number of nitrogens with zero attached hydrogens (tertiary/aromatic N) is 2. The molecule has 1 fully saturated rings. The van der Waals surface area contributed by atoms with Crippen molar-refractivity contribution in [2.24, 2.45) is 5.73 Å². The van der Waals surface area contributed by atoms with Gasteiger partial charge in [-0.3, -0.25) is 14.5 Å². The van der Waals surface area contributed by atoms with Gasteiger partial charge in [-0.1, -0.05) is 5.16 Å².